The number of amides is 2. The lowest BCUT2D eigenvalue weighted by Gasteiger charge is -2.36. The standard InChI is InChI=1S/C21H29N4O5S/c1-15(21(27)24-13-11-23(12-14-24)16-8-9-16)22-31(28,29)18-6-3-5-17(20(18)30-2)25-10-4-7-19(25)26/h3,5-6,15-16,22H,1,4,7-14H2,2H3/t15-/m0/s1. The summed E-state index contributed by atoms with van der Waals surface area (Å²) in [6.07, 6.45) is 3.56. The number of rotatable bonds is 7. The number of carbonyl (C=O) groups excluding carboxylic acids is 2. The normalized spacial score (nSPS) is 21.4. The average Bonchev–Trinajstić information content (AvgIpc) is 3.53. The van der Waals surface area contributed by atoms with Crippen LogP contribution in [0.25, 0.3) is 0 Å². The Kier molecular flexibility index (Phi) is 6.23. The summed E-state index contributed by atoms with van der Waals surface area (Å²) in [6, 6.07) is 4.12. The van der Waals surface area contributed by atoms with Crippen LogP contribution in [0.1, 0.15) is 25.7 Å². The van der Waals surface area contributed by atoms with Gasteiger partial charge in [0.1, 0.15) is 10.9 Å². The first-order chi connectivity index (χ1) is 14.8. The smallest absolute Gasteiger partial charge is 0.245 e. The van der Waals surface area contributed by atoms with Crippen molar-refractivity contribution in [3.63, 3.8) is 0 Å². The molecule has 2 heterocycles. The average molecular weight is 450 g/mol. The summed E-state index contributed by atoms with van der Waals surface area (Å²) < 4.78 is 34.0. The van der Waals surface area contributed by atoms with Crippen molar-refractivity contribution in [2.24, 2.45) is 0 Å². The van der Waals surface area contributed by atoms with Gasteiger partial charge in [-0.1, -0.05) is 6.07 Å². The maximum absolute atomic E-state index is 13.1. The molecule has 2 aliphatic heterocycles. The summed E-state index contributed by atoms with van der Waals surface area (Å²) in [5.74, 6) is -0.330. The molecule has 3 aliphatic rings. The number of benzene rings is 1. The first kappa shape index (κ1) is 22.0. The van der Waals surface area contributed by atoms with Crippen molar-refractivity contribution < 1.29 is 22.7 Å². The van der Waals surface area contributed by atoms with Crippen LogP contribution < -0.4 is 14.4 Å². The third-order valence-corrected chi connectivity index (χ3v) is 7.60. The van der Waals surface area contributed by atoms with Gasteiger partial charge in [-0.15, -0.1) is 0 Å². The van der Waals surface area contributed by atoms with Gasteiger partial charge in [-0.3, -0.25) is 14.5 Å². The molecule has 31 heavy (non-hydrogen) atoms. The topological polar surface area (TPSA) is 99.3 Å². The highest BCUT2D eigenvalue weighted by molar-refractivity contribution is 7.89. The van der Waals surface area contributed by atoms with Gasteiger partial charge in [0.2, 0.25) is 21.8 Å². The lowest BCUT2D eigenvalue weighted by atomic mass is 10.2. The van der Waals surface area contributed by atoms with Gasteiger partial charge in [0.05, 0.1) is 12.8 Å². The Labute approximate surface area is 183 Å². The molecule has 3 fully saturated rings. The van der Waals surface area contributed by atoms with Gasteiger partial charge in [0, 0.05) is 45.2 Å². The number of nitrogens with zero attached hydrogens (tertiary/aromatic N) is 3. The second-order valence-electron chi connectivity index (χ2n) is 8.22. The summed E-state index contributed by atoms with van der Waals surface area (Å²) >= 11 is 0. The zero-order valence-corrected chi connectivity index (χ0v) is 18.6. The Balaban J connectivity index is 1.48. The van der Waals surface area contributed by atoms with Crippen LogP contribution in [0, 0.1) is 6.92 Å². The lowest BCUT2D eigenvalue weighted by molar-refractivity contribution is -0.133. The second-order valence-corrected chi connectivity index (χ2v) is 9.91. The molecule has 1 atom stereocenters. The molecule has 2 amide bonds. The Morgan fingerprint density at radius 1 is 1.19 bits per heavy atom. The molecule has 1 N–H and O–H groups in total. The first-order valence-electron chi connectivity index (χ1n) is 10.7. The van der Waals surface area contributed by atoms with E-state index in [1.165, 1.54) is 30.9 Å². The van der Waals surface area contributed by atoms with Crippen molar-refractivity contribution in [2.75, 3.05) is 44.7 Å². The number of anilines is 1. The van der Waals surface area contributed by atoms with Crippen molar-refractivity contribution in [3.8, 4) is 5.75 Å². The summed E-state index contributed by atoms with van der Waals surface area (Å²) in [7, 11) is -2.74. The van der Waals surface area contributed by atoms with Gasteiger partial charge in [-0.2, -0.15) is 4.72 Å². The van der Waals surface area contributed by atoms with Crippen LogP contribution in [0.2, 0.25) is 0 Å². The Hall–Kier alpha value is -2.17. The van der Waals surface area contributed by atoms with E-state index in [1.54, 1.807) is 17.0 Å². The maximum Gasteiger partial charge on any atom is 0.245 e. The van der Waals surface area contributed by atoms with Gasteiger partial charge in [0.25, 0.3) is 0 Å². The van der Waals surface area contributed by atoms with Crippen molar-refractivity contribution in [2.45, 2.75) is 42.7 Å². The summed E-state index contributed by atoms with van der Waals surface area (Å²) in [5, 5.41) is 0. The number of ether oxygens (including phenoxy) is 1. The molecular weight excluding hydrogens is 420 g/mol. The van der Waals surface area contributed by atoms with Crippen molar-refractivity contribution in [1.82, 2.24) is 14.5 Å². The van der Waals surface area contributed by atoms with Gasteiger partial charge < -0.3 is 14.5 Å². The van der Waals surface area contributed by atoms with Crippen molar-refractivity contribution in [3.05, 3.63) is 25.1 Å². The van der Waals surface area contributed by atoms with E-state index >= 15 is 0 Å². The Bertz CT molecular complexity index is 955. The van der Waals surface area contributed by atoms with E-state index in [-0.39, 0.29) is 22.5 Å². The molecule has 4 rings (SSSR count). The van der Waals surface area contributed by atoms with Crippen LogP contribution in [0.5, 0.6) is 5.75 Å². The highest BCUT2D eigenvalue weighted by atomic mass is 32.2. The molecule has 2 saturated heterocycles. The SMILES string of the molecule is [CH2][C@H](NS(=O)(=O)c1cccc(N2CCCC2=O)c1OC)C(=O)N1CCN(C2CC2)CC1. The largest absolute Gasteiger partial charge is 0.493 e. The number of methoxy groups -OCH3 is 1. The molecular formula is C21H29N4O5S. The van der Waals surface area contributed by atoms with Crippen LogP contribution in [0.3, 0.4) is 0 Å². The molecule has 1 radical (unpaired) electrons. The minimum atomic E-state index is -4.10. The summed E-state index contributed by atoms with van der Waals surface area (Å²) in [6.45, 7) is 7.01. The molecule has 0 unspecified atom stereocenters. The number of sulfonamides is 1. The minimum Gasteiger partial charge on any atom is -0.493 e. The molecule has 1 aromatic rings. The number of para-hydroxylation sites is 1. The third kappa shape index (κ3) is 4.56. The van der Waals surface area contributed by atoms with Crippen LogP contribution >= 0.6 is 0 Å². The van der Waals surface area contributed by atoms with Gasteiger partial charge >= 0.3 is 0 Å². The lowest BCUT2D eigenvalue weighted by Crippen LogP contribution is -2.54. The van der Waals surface area contributed by atoms with Gasteiger partial charge in [-0.25, -0.2) is 8.42 Å². The van der Waals surface area contributed by atoms with E-state index in [2.05, 4.69) is 16.5 Å². The highest BCUT2D eigenvalue weighted by Crippen LogP contribution is 2.37. The van der Waals surface area contributed by atoms with Gasteiger partial charge in [-0.05, 0) is 38.3 Å². The van der Waals surface area contributed by atoms with E-state index in [4.69, 9.17) is 4.74 Å². The summed E-state index contributed by atoms with van der Waals surface area (Å²) in [4.78, 5) is 30.4. The van der Waals surface area contributed by atoms with E-state index in [0.717, 1.165) is 13.1 Å². The zero-order chi connectivity index (χ0) is 22.2. The fourth-order valence-electron chi connectivity index (χ4n) is 4.31. The third-order valence-electron chi connectivity index (χ3n) is 6.10. The van der Waals surface area contributed by atoms with Crippen LogP contribution in [-0.2, 0) is 19.6 Å². The molecule has 1 aromatic carbocycles. The number of hydrogen-bond acceptors (Lipinski definition) is 6. The van der Waals surface area contributed by atoms with Crippen molar-refractivity contribution >= 4 is 27.5 Å². The monoisotopic (exact) mass is 449 g/mol. The molecule has 10 heteroatoms. The number of hydrogen-bond donors (Lipinski definition) is 1. The van der Waals surface area contributed by atoms with E-state index in [1.807, 2.05) is 0 Å². The molecule has 9 nitrogen and oxygen atoms in total. The van der Waals surface area contributed by atoms with Gasteiger partial charge in [0.15, 0.2) is 5.75 Å². The quantitative estimate of drug-likeness (QED) is 0.655. The molecule has 0 bridgehead atoms. The zero-order valence-electron chi connectivity index (χ0n) is 17.7. The van der Waals surface area contributed by atoms with Crippen molar-refractivity contribution in [1.29, 1.82) is 0 Å². The molecule has 0 aromatic heterocycles. The van der Waals surface area contributed by atoms with E-state index in [9.17, 15) is 18.0 Å². The number of nitrogens with one attached hydrogen (secondary N) is 1. The van der Waals surface area contributed by atoms with Crippen LogP contribution in [0.4, 0.5) is 5.69 Å². The number of carbonyl (C=O) groups is 2. The van der Waals surface area contributed by atoms with Crippen LogP contribution in [0.15, 0.2) is 23.1 Å². The molecule has 1 saturated carbocycles. The first-order valence-corrected chi connectivity index (χ1v) is 12.2. The molecule has 1 aliphatic carbocycles. The summed E-state index contributed by atoms with van der Waals surface area (Å²) in [5.41, 5.74) is 0.413. The second kappa shape index (κ2) is 8.76. The van der Waals surface area contributed by atoms with E-state index < -0.39 is 16.1 Å². The molecule has 0 spiro atoms. The predicted molar refractivity (Wildman–Crippen MR) is 115 cm³/mol. The van der Waals surface area contributed by atoms with Crippen LogP contribution in [-0.4, -0.2) is 81.9 Å². The Morgan fingerprint density at radius 3 is 2.48 bits per heavy atom. The highest BCUT2D eigenvalue weighted by Gasteiger charge is 2.35. The fraction of sp³-hybridized carbons (Fsp3) is 0.571. The van der Waals surface area contributed by atoms with E-state index in [0.29, 0.717) is 44.2 Å². The number of piperazine rings is 1. The maximum atomic E-state index is 13.1. The predicted octanol–water partition coefficient (Wildman–Crippen LogP) is 0.610. The Morgan fingerprint density at radius 2 is 1.90 bits per heavy atom. The minimum absolute atomic E-state index is 0.0728. The fourth-order valence-corrected chi connectivity index (χ4v) is 5.60. The molecule has 169 valence electrons.